The molecule has 2 heterocycles. The van der Waals surface area contributed by atoms with Crippen molar-refractivity contribution in [2.45, 2.75) is 6.04 Å². The second-order valence-electron chi connectivity index (χ2n) is 5.25. The zero-order valence-corrected chi connectivity index (χ0v) is 11.6. The van der Waals surface area contributed by atoms with Crippen LogP contribution < -0.4 is 10.2 Å². The summed E-state index contributed by atoms with van der Waals surface area (Å²) in [5.74, 6) is 0. The van der Waals surface area contributed by atoms with E-state index in [-0.39, 0.29) is 0 Å². The summed E-state index contributed by atoms with van der Waals surface area (Å²) in [6.45, 7) is 3.55. The van der Waals surface area contributed by atoms with E-state index in [1.54, 1.807) is 0 Å². The molecule has 4 nitrogen and oxygen atoms in total. The molecule has 19 heavy (non-hydrogen) atoms. The van der Waals surface area contributed by atoms with Crippen molar-refractivity contribution in [1.82, 2.24) is 9.88 Å². The van der Waals surface area contributed by atoms with Gasteiger partial charge in [0.2, 0.25) is 0 Å². The van der Waals surface area contributed by atoms with Crippen molar-refractivity contribution in [2.75, 3.05) is 38.3 Å². The Balaban J connectivity index is 1.82. The summed E-state index contributed by atoms with van der Waals surface area (Å²) in [6.07, 6.45) is 2.20. The van der Waals surface area contributed by atoms with E-state index in [0.29, 0.717) is 6.04 Å². The third kappa shape index (κ3) is 2.46. The molecule has 1 N–H and O–H groups in total. The van der Waals surface area contributed by atoms with E-state index in [1.165, 1.54) is 16.6 Å². The summed E-state index contributed by atoms with van der Waals surface area (Å²) in [6, 6.07) is 8.95. The maximum atomic E-state index is 5.52. The standard InChI is InChI=1S/C15H21N3O/c1-17(9-12-11-19-8-7-16-12)15-10-18(2)14-6-4-3-5-13(14)15/h3-6,10,12,16H,7-9,11H2,1-2H3. The van der Waals surface area contributed by atoms with Gasteiger partial charge in [0, 0.05) is 50.3 Å². The van der Waals surface area contributed by atoms with Crippen molar-refractivity contribution in [3.63, 3.8) is 0 Å². The Hall–Kier alpha value is -1.52. The second kappa shape index (κ2) is 5.23. The Labute approximate surface area is 114 Å². The van der Waals surface area contributed by atoms with E-state index in [9.17, 15) is 0 Å². The first-order chi connectivity index (χ1) is 9.25. The number of para-hydroxylation sites is 1. The van der Waals surface area contributed by atoms with Crippen LogP contribution in [0.3, 0.4) is 0 Å². The van der Waals surface area contributed by atoms with Gasteiger partial charge >= 0.3 is 0 Å². The molecule has 102 valence electrons. The van der Waals surface area contributed by atoms with Gasteiger partial charge in [-0.05, 0) is 6.07 Å². The first-order valence-corrected chi connectivity index (χ1v) is 6.82. The minimum absolute atomic E-state index is 0.415. The molecule has 1 aliphatic heterocycles. The maximum Gasteiger partial charge on any atom is 0.0637 e. The number of fused-ring (bicyclic) bond motifs is 1. The van der Waals surface area contributed by atoms with Crippen LogP contribution in [0.1, 0.15) is 0 Å². The third-order valence-electron chi connectivity index (χ3n) is 3.78. The normalized spacial score (nSPS) is 19.8. The topological polar surface area (TPSA) is 29.4 Å². The van der Waals surface area contributed by atoms with E-state index in [2.05, 4.69) is 59.3 Å². The highest BCUT2D eigenvalue weighted by Gasteiger charge is 2.17. The molecule has 3 rings (SSSR count). The summed E-state index contributed by atoms with van der Waals surface area (Å²) in [5.41, 5.74) is 2.56. The van der Waals surface area contributed by atoms with Gasteiger partial charge in [0.15, 0.2) is 0 Å². The molecular formula is C15H21N3O. The van der Waals surface area contributed by atoms with Gasteiger partial charge in [-0.25, -0.2) is 0 Å². The zero-order valence-electron chi connectivity index (χ0n) is 11.6. The van der Waals surface area contributed by atoms with Crippen molar-refractivity contribution < 1.29 is 4.74 Å². The van der Waals surface area contributed by atoms with Crippen LogP contribution >= 0.6 is 0 Å². The van der Waals surface area contributed by atoms with Crippen LogP contribution in [0.15, 0.2) is 30.5 Å². The summed E-state index contributed by atoms with van der Waals surface area (Å²) in [7, 11) is 4.25. The van der Waals surface area contributed by atoms with Crippen LogP contribution in [-0.2, 0) is 11.8 Å². The predicted molar refractivity (Wildman–Crippen MR) is 78.8 cm³/mol. The van der Waals surface area contributed by atoms with Crippen LogP contribution in [0.25, 0.3) is 10.9 Å². The Morgan fingerprint density at radius 3 is 3.05 bits per heavy atom. The number of ether oxygens (including phenoxy) is 1. The Morgan fingerprint density at radius 1 is 1.42 bits per heavy atom. The summed E-state index contributed by atoms with van der Waals surface area (Å²) >= 11 is 0. The van der Waals surface area contributed by atoms with Crippen LogP contribution in [0.4, 0.5) is 5.69 Å². The minimum Gasteiger partial charge on any atom is -0.378 e. The lowest BCUT2D eigenvalue weighted by Crippen LogP contribution is -2.47. The summed E-state index contributed by atoms with van der Waals surface area (Å²) < 4.78 is 7.70. The predicted octanol–water partition coefficient (Wildman–Crippen LogP) is 1.60. The lowest BCUT2D eigenvalue weighted by atomic mass is 10.2. The van der Waals surface area contributed by atoms with Gasteiger partial charge < -0.3 is 19.5 Å². The number of likely N-dealkylation sites (N-methyl/N-ethyl adjacent to an activating group) is 1. The fourth-order valence-electron chi connectivity index (χ4n) is 2.79. The molecule has 1 aromatic heterocycles. The van der Waals surface area contributed by atoms with Crippen molar-refractivity contribution in [3.05, 3.63) is 30.5 Å². The van der Waals surface area contributed by atoms with Gasteiger partial charge in [-0.2, -0.15) is 0 Å². The summed E-state index contributed by atoms with van der Waals surface area (Å²) in [5, 5.41) is 4.81. The number of aromatic nitrogens is 1. The number of aryl methyl sites for hydroxylation is 1. The highest BCUT2D eigenvalue weighted by molar-refractivity contribution is 5.93. The quantitative estimate of drug-likeness (QED) is 0.908. The van der Waals surface area contributed by atoms with E-state index >= 15 is 0 Å². The van der Waals surface area contributed by atoms with Crippen LogP contribution in [0.5, 0.6) is 0 Å². The van der Waals surface area contributed by atoms with E-state index < -0.39 is 0 Å². The molecule has 1 aromatic carbocycles. The molecule has 0 spiro atoms. The van der Waals surface area contributed by atoms with Gasteiger partial charge in [0.1, 0.15) is 0 Å². The molecule has 1 aliphatic rings. The van der Waals surface area contributed by atoms with Crippen LogP contribution in [0.2, 0.25) is 0 Å². The molecule has 0 aliphatic carbocycles. The van der Waals surface area contributed by atoms with Gasteiger partial charge in [-0.3, -0.25) is 0 Å². The third-order valence-corrected chi connectivity index (χ3v) is 3.78. The lowest BCUT2D eigenvalue weighted by Gasteiger charge is -2.29. The van der Waals surface area contributed by atoms with E-state index in [0.717, 1.165) is 26.3 Å². The van der Waals surface area contributed by atoms with Crippen molar-refractivity contribution in [2.24, 2.45) is 7.05 Å². The van der Waals surface area contributed by atoms with Crippen LogP contribution in [-0.4, -0.2) is 44.0 Å². The number of nitrogens with zero attached hydrogens (tertiary/aromatic N) is 2. The van der Waals surface area contributed by atoms with E-state index in [1.807, 2.05) is 0 Å². The number of benzene rings is 1. The number of anilines is 1. The second-order valence-corrected chi connectivity index (χ2v) is 5.25. The number of hydrogen-bond donors (Lipinski definition) is 1. The van der Waals surface area contributed by atoms with Gasteiger partial charge in [0.05, 0.1) is 18.9 Å². The van der Waals surface area contributed by atoms with Crippen molar-refractivity contribution in [3.8, 4) is 0 Å². The van der Waals surface area contributed by atoms with Crippen LogP contribution in [0, 0.1) is 0 Å². The zero-order chi connectivity index (χ0) is 13.2. The molecule has 0 radical (unpaired) electrons. The molecule has 1 saturated heterocycles. The lowest BCUT2D eigenvalue weighted by molar-refractivity contribution is 0.0791. The Bertz CT molecular complexity index is 558. The molecule has 1 atom stereocenters. The van der Waals surface area contributed by atoms with Crippen molar-refractivity contribution in [1.29, 1.82) is 0 Å². The first kappa shape index (κ1) is 12.5. The van der Waals surface area contributed by atoms with Gasteiger partial charge in [0.25, 0.3) is 0 Å². The Morgan fingerprint density at radius 2 is 2.26 bits per heavy atom. The SMILES string of the molecule is CN(CC1COCCN1)c1cn(C)c2ccccc12. The largest absolute Gasteiger partial charge is 0.378 e. The molecule has 1 unspecified atom stereocenters. The smallest absolute Gasteiger partial charge is 0.0637 e. The van der Waals surface area contributed by atoms with Gasteiger partial charge in [-0.15, -0.1) is 0 Å². The molecular weight excluding hydrogens is 238 g/mol. The molecule has 0 saturated carbocycles. The first-order valence-electron chi connectivity index (χ1n) is 6.82. The number of rotatable bonds is 3. The molecule has 0 bridgehead atoms. The molecule has 4 heteroatoms. The average molecular weight is 259 g/mol. The minimum atomic E-state index is 0.415. The van der Waals surface area contributed by atoms with Gasteiger partial charge in [-0.1, -0.05) is 18.2 Å². The fourth-order valence-corrected chi connectivity index (χ4v) is 2.79. The summed E-state index contributed by atoms with van der Waals surface area (Å²) in [4.78, 5) is 2.31. The van der Waals surface area contributed by atoms with Crippen molar-refractivity contribution >= 4 is 16.6 Å². The molecule has 0 amide bonds. The average Bonchev–Trinajstić information content (AvgIpc) is 2.78. The Kier molecular flexibility index (Phi) is 3.44. The highest BCUT2D eigenvalue weighted by Crippen LogP contribution is 2.27. The molecule has 2 aromatic rings. The number of hydrogen-bond acceptors (Lipinski definition) is 3. The monoisotopic (exact) mass is 259 g/mol. The maximum absolute atomic E-state index is 5.52. The number of nitrogens with one attached hydrogen (secondary N) is 1. The molecule has 1 fully saturated rings. The van der Waals surface area contributed by atoms with E-state index in [4.69, 9.17) is 4.74 Å². The fraction of sp³-hybridized carbons (Fsp3) is 0.467. The number of morpholine rings is 1. The highest BCUT2D eigenvalue weighted by atomic mass is 16.5.